The van der Waals surface area contributed by atoms with E-state index in [4.69, 9.17) is 7.48 Å². The third-order valence-corrected chi connectivity index (χ3v) is 3.28. The molecule has 2 saturated heterocycles. The standard InChI is InChI=1S/C13H21NO2/c1-9-7-11-6-5-10(9)8-14(11)12(15)16-13(2,3)4/h10-11H,1,5-8H2,2-4H3/i1D2. The van der Waals surface area contributed by atoms with Crippen LogP contribution in [0.3, 0.4) is 0 Å². The van der Waals surface area contributed by atoms with Crippen molar-refractivity contribution >= 4 is 6.09 Å². The average molecular weight is 225 g/mol. The lowest BCUT2D eigenvalue weighted by atomic mass is 9.77. The molecule has 1 saturated carbocycles. The first kappa shape index (κ1) is 9.08. The molecule has 2 unspecified atom stereocenters. The van der Waals surface area contributed by atoms with E-state index < -0.39 is 5.60 Å². The normalized spacial score (nSPS) is 30.9. The highest BCUT2D eigenvalue weighted by Gasteiger charge is 2.39. The second-order valence-corrected chi connectivity index (χ2v) is 5.79. The molecule has 0 radical (unpaired) electrons. The number of carbonyl (C=O) groups excluding carboxylic acids is 1. The number of fused-ring (bicyclic) bond motifs is 3. The predicted octanol–water partition coefficient (Wildman–Crippen LogP) is 2.96. The van der Waals surface area contributed by atoms with E-state index in [0.29, 0.717) is 13.0 Å². The van der Waals surface area contributed by atoms with Gasteiger partial charge in [-0.15, -0.1) is 0 Å². The number of amides is 1. The largest absolute Gasteiger partial charge is 0.444 e. The average Bonchev–Trinajstić information content (AvgIpc) is 2.27. The van der Waals surface area contributed by atoms with Gasteiger partial charge in [0.2, 0.25) is 0 Å². The zero-order valence-electron chi connectivity index (χ0n) is 12.2. The van der Waals surface area contributed by atoms with Crippen LogP contribution in [0.1, 0.15) is 42.8 Å². The van der Waals surface area contributed by atoms with Gasteiger partial charge in [-0.05, 0) is 46.0 Å². The van der Waals surface area contributed by atoms with Crippen LogP contribution in [0.5, 0.6) is 0 Å². The van der Waals surface area contributed by atoms with Gasteiger partial charge in [-0.1, -0.05) is 12.1 Å². The first-order chi connectivity index (χ1) is 8.28. The zero-order valence-corrected chi connectivity index (χ0v) is 10.2. The summed E-state index contributed by atoms with van der Waals surface area (Å²) in [6, 6.07) is 0.116. The van der Waals surface area contributed by atoms with E-state index >= 15 is 0 Å². The number of rotatable bonds is 0. The maximum atomic E-state index is 12.1. The third kappa shape index (κ3) is 2.23. The monoisotopic (exact) mass is 225 g/mol. The smallest absolute Gasteiger partial charge is 0.410 e. The van der Waals surface area contributed by atoms with E-state index in [-0.39, 0.29) is 24.6 Å². The molecule has 2 atom stereocenters. The molecule has 16 heavy (non-hydrogen) atoms. The van der Waals surface area contributed by atoms with Crippen molar-refractivity contribution in [2.45, 2.75) is 51.7 Å². The summed E-state index contributed by atoms with van der Waals surface area (Å²) in [6.07, 6.45) is 2.36. The van der Waals surface area contributed by atoms with Crippen molar-refractivity contribution in [3.63, 3.8) is 0 Å². The van der Waals surface area contributed by atoms with E-state index in [2.05, 4.69) is 0 Å². The van der Waals surface area contributed by atoms with Crippen LogP contribution in [0.2, 0.25) is 0 Å². The summed E-state index contributed by atoms with van der Waals surface area (Å²) < 4.78 is 20.3. The molecule has 2 bridgehead atoms. The second kappa shape index (κ2) is 3.79. The predicted molar refractivity (Wildman–Crippen MR) is 63.2 cm³/mol. The first-order valence-electron chi connectivity index (χ1n) is 6.94. The number of nitrogens with zero attached hydrogens (tertiary/aromatic N) is 1. The number of piperidine rings is 2. The van der Waals surface area contributed by atoms with E-state index in [1.54, 1.807) is 4.90 Å². The Hall–Kier alpha value is -0.990. The summed E-state index contributed by atoms with van der Waals surface area (Å²) in [6.45, 7) is 6.14. The van der Waals surface area contributed by atoms with Crippen LogP contribution < -0.4 is 0 Å². The molecule has 3 nitrogen and oxygen atoms in total. The van der Waals surface area contributed by atoms with Gasteiger partial charge in [0.15, 0.2) is 0 Å². The van der Waals surface area contributed by atoms with Crippen LogP contribution in [0, 0.1) is 5.92 Å². The number of carbonyl (C=O) groups is 1. The van der Waals surface area contributed by atoms with Crippen molar-refractivity contribution in [3.05, 3.63) is 12.1 Å². The molecule has 3 rings (SSSR count). The van der Waals surface area contributed by atoms with Crippen LogP contribution in [-0.4, -0.2) is 29.2 Å². The highest BCUT2D eigenvalue weighted by atomic mass is 16.6. The van der Waals surface area contributed by atoms with Gasteiger partial charge in [-0.25, -0.2) is 4.79 Å². The van der Waals surface area contributed by atoms with E-state index in [1.807, 2.05) is 20.8 Å². The maximum absolute atomic E-state index is 12.1. The lowest BCUT2D eigenvalue weighted by molar-refractivity contribution is -0.00223. The topological polar surface area (TPSA) is 29.5 Å². The van der Waals surface area contributed by atoms with Crippen LogP contribution >= 0.6 is 0 Å². The molecular formula is C13H21NO2. The Kier molecular flexibility index (Phi) is 2.15. The molecule has 2 heterocycles. The summed E-state index contributed by atoms with van der Waals surface area (Å²) >= 11 is 0. The highest BCUT2D eigenvalue weighted by molar-refractivity contribution is 5.69. The molecule has 3 fully saturated rings. The fourth-order valence-corrected chi connectivity index (χ4v) is 2.49. The number of hydrogen-bond acceptors (Lipinski definition) is 2. The molecule has 0 spiro atoms. The van der Waals surface area contributed by atoms with Gasteiger partial charge < -0.3 is 9.64 Å². The molecule has 1 aliphatic carbocycles. The fraction of sp³-hybridized carbons (Fsp3) is 0.769. The number of ether oxygens (including phenoxy) is 1. The third-order valence-electron chi connectivity index (χ3n) is 3.28. The summed E-state index contributed by atoms with van der Waals surface area (Å²) in [7, 11) is 0. The minimum atomic E-state index is -0.470. The lowest BCUT2D eigenvalue weighted by Gasteiger charge is -2.46. The fourth-order valence-electron chi connectivity index (χ4n) is 2.49. The van der Waals surface area contributed by atoms with E-state index in [1.165, 1.54) is 0 Å². The second-order valence-electron chi connectivity index (χ2n) is 5.79. The van der Waals surface area contributed by atoms with Crippen LogP contribution in [0.25, 0.3) is 0 Å². The Morgan fingerprint density at radius 1 is 1.56 bits per heavy atom. The molecule has 3 aliphatic rings. The molecule has 0 aromatic rings. The Balaban J connectivity index is 2.07. The van der Waals surface area contributed by atoms with Gasteiger partial charge in [0.25, 0.3) is 0 Å². The molecule has 90 valence electrons. The van der Waals surface area contributed by atoms with Crippen molar-refractivity contribution in [2.24, 2.45) is 5.92 Å². The summed E-state index contributed by atoms with van der Waals surface area (Å²) in [5.74, 6) is 0.188. The number of hydrogen-bond donors (Lipinski definition) is 0. The van der Waals surface area contributed by atoms with Gasteiger partial charge in [-0.3, -0.25) is 0 Å². The Morgan fingerprint density at radius 3 is 2.81 bits per heavy atom. The molecule has 0 aromatic carbocycles. The molecule has 3 heteroatoms. The zero-order chi connectivity index (χ0) is 13.5. The molecule has 0 aromatic heterocycles. The van der Waals surface area contributed by atoms with Crippen molar-refractivity contribution in [3.8, 4) is 0 Å². The van der Waals surface area contributed by atoms with Crippen molar-refractivity contribution in [2.75, 3.05) is 6.54 Å². The van der Waals surface area contributed by atoms with Crippen molar-refractivity contribution in [1.82, 2.24) is 4.90 Å². The highest BCUT2D eigenvalue weighted by Crippen LogP contribution is 2.38. The Bertz CT molecular complexity index is 383. The minimum Gasteiger partial charge on any atom is -0.444 e. The van der Waals surface area contributed by atoms with E-state index in [0.717, 1.165) is 18.4 Å². The maximum Gasteiger partial charge on any atom is 0.410 e. The van der Waals surface area contributed by atoms with Gasteiger partial charge in [0, 0.05) is 12.6 Å². The van der Waals surface area contributed by atoms with Crippen LogP contribution in [-0.2, 0) is 4.74 Å². The van der Waals surface area contributed by atoms with Crippen LogP contribution in [0.4, 0.5) is 4.79 Å². The van der Waals surface area contributed by atoms with Crippen molar-refractivity contribution < 1.29 is 12.3 Å². The van der Waals surface area contributed by atoms with E-state index in [9.17, 15) is 4.79 Å². The lowest BCUT2D eigenvalue weighted by Crippen LogP contribution is -2.52. The molecule has 0 N–H and O–H groups in total. The first-order valence-corrected chi connectivity index (χ1v) is 5.94. The Morgan fingerprint density at radius 2 is 2.31 bits per heavy atom. The molecule has 2 aliphatic heterocycles. The quantitative estimate of drug-likeness (QED) is 0.593. The van der Waals surface area contributed by atoms with Gasteiger partial charge in [-0.2, -0.15) is 0 Å². The van der Waals surface area contributed by atoms with Gasteiger partial charge in [0.05, 0.1) is 2.74 Å². The summed E-state index contributed by atoms with van der Waals surface area (Å²) in [5, 5.41) is 0. The van der Waals surface area contributed by atoms with Gasteiger partial charge >= 0.3 is 6.09 Å². The summed E-state index contributed by atoms with van der Waals surface area (Å²) in [4.78, 5) is 13.9. The van der Waals surface area contributed by atoms with Gasteiger partial charge in [0.1, 0.15) is 5.60 Å². The summed E-state index contributed by atoms with van der Waals surface area (Å²) in [5.41, 5.74) is 0.439. The van der Waals surface area contributed by atoms with Crippen molar-refractivity contribution in [1.29, 1.82) is 0 Å². The molecular weight excluding hydrogens is 202 g/mol. The Labute approximate surface area is 100 Å². The van der Waals surface area contributed by atoms with Crippen LogP contribution in [0.15, 0.2) is 12.1 Å². The minimum absolute atomic E-state index is 0.0615. The SMILES string of the molecule is [2H]C([2H])=C1CC2CCC1CN2C(=O)OC(C)(C)C. The molecule has 1 amide bonds.